The fraction of sp³-hybridized carbons (Fsp3) is 0.0833. The van der Waals surface area contributed by atoms with E-state index in [1.807, 2.05) is 60.7 Å². The molecule has 0 atom stereocenters. The third-order valence-corrected chi connectivity index (χ3v) is 6.54. The smallest absolute Gasteiger partial charge is 0.283 e. The molecule has 5 rings (SSSR count). The Morgan fingerprint density at radius 3 is 2.42 bits per heavy atom. The first kappa shape index (κ1) is 19.9. The van der Waals surface area contributed by atoms with Crippen LogP contribution in [0, 0.1) is 0 Å². The molecule has 0 bridgehead atoms. The quantitative estimate of drug-likeness (QED) is 0.428. The standard InChI is InChI=1S/C24H17BrN2O3S/c25-19-13-22-21(29-15-30-22)12-17(19)11-20-23(28)27(18-9-5-2-6-10-18)24(26-20)31-14-16-7-3-1-4-8-16/h1-13H,14-15H2/b20-11+. The van der Waals surface area contributed by atoms with E-state index in [0.717, 1.165) is 21.5 Å². The summed E-state index contributed by atoms with van der Waals surface area (Å²) in [5.41, 5.74) is 3.14. The molecule has 154 valence electrons. The van der Waals surface area contributed by atoms with Gasteiger partial charge in [-0.25, -0.2) is 4.99 Å². The minimum atomic E-state index is -0.161. The maximum absolute atomic E-state index is 13.3. The molecule has 3 aromatic rings. The number of nitrogens with zero attached hydrogens (tertiary/aromatic N) is 2. The van der Waals surface area contributed by atoms with Crippen LogP contribution in [0.4, 0.5) is 5.69 Å². The molecule has 0 saturated heterocycles. The van der Waals surface area contributed by atoms with Crippen LogP contribution in [0.25, 0.3) is 6.08 Å². The first-order chi connectivity index (χ1) is 15.2. The van der Waals surface area contributed by atoms with Gasteiger partial charge in [-0.15, -0.1) is 0 Å². The number of benzene rings is 3. The highest BCUT2D eigenvalue weighted by molar-refractivity contribution is 9.10. The number of aliphatic imine (C=N–C) groups is 1. The lowest BCUT2D eigenvalue weighted by Gasteiger charge is -2.17. The Kier molecular flexibility index (Phi) is 5.53. The van der Waals surface area contributed by atoms with Crippen molar-refractivity contribution in [3.05, 3.63) is 94.1 Å². The molecule has 5 nitrogen and oxygen atoms in total. The van der Waals surface area contributed by atoms with Gasteiger partial charge in [0.15, 0.2) is 16.7 Å². The normalized spacial score (nSPS) is 16.2. The molecule has 0 aromatic heterocycles. The van der Waals surface area contributed by atoms with Gasteiger partial charge in [0.2, 0.25) is 6.79 Å². The van der Waals surface area contributed by atoms with E-state index >= 15 is 0 Å². The average molecular weight is 493 g/mol. The molecule has 0 unspecified atom stereocenters. The number of amides is 1. The molecular formula is C24H17BrN2O3S. The molecule has 3 aromatic carbocycles. The molecule has 0 saturated carbocycles. The molecule has 7 heteroatoms. The zero-order valence-corrected chi connectivity index (χ0v) is 18.7. The zero-order valence-electron chi connectivity index (χ0n) is 16.3. The Hall–Kier alpha value is -3.03. The van der Waals surface area contributed by atoms with E-state index < -0.39 is 0 Å². The van der Waals surface area contributed by atoms with Crippen molar-refractivity contribution in [2.75, 3.05) is 11.7 Å². The molecule has 2 aliphatic heterocycles. The average Bonchev–Trinajstić information content (AvgIpc) is 3.37. The van der Waals surface area contributed by atoms with Crippen LogP contribution in [0.15, 0.2) is 88.0 Å². The van der Waals surface area contributed by atoms with Crippen LogP contribution in [-0.4, -0.2) is 17.9 Å². The van der Waals surface area contributed by atoms with E-state index in [2.05, 4.69) is 28.1 Å². The van der Waals surface area contributed by atoms with Gasteiger partial charge >= 0.3 is 0 Å². The van der Waals surface area contributed by atoms with Crippen molar-refractivity contribution in [3.8, 4) is 11.5 Å². The van der Waals surface area contributed by atoms with Crippen molar-refractivity contribution < 1.29 is 14.3 Å². The predicted molar refractivity (Wildman–Crippen MR) is 127 cm³/mol. The van der Waals surface area contributed by atoms with Crippen LogP contribution < -0.4 is 14.4 Å². The number of halogens is 1. The van der Waals surface area contributed by atoms with E-state index in [1.54, 1.807) is 22.7 Å². The lowest BCUT2D eigenvalue weighted by Crippen LogP contribution is -2.30. The van der Waals surface area contributed by atoms with E-state index in [-0.39, 0.29) is 12.7 Å². The zero-order chi connectivity index (χ0) is 21.2. The van der Waals surface area contributed by atoms with Gasteiger partial charge in [0.05, 0.1) is 5.69 Å². The van der Waals surface area contributed by atoms with Crippen molar-refractivity contribution in [2.45, 2.75) is 5.75 Å². The van der Waals surface area contributed by atoms with Crippen molar-refractivity contribution in [3.63, 3.8) is 0 Å². The number of carbonyl (C=O) groups is 1. The maximum atomic E-state index is 13.3. The third kappa shape index (κ3) is 4.11. The molecule has 2 aliphatic rings. The summed E-state index contributed by atoms with van der Waals surface area (Å²) < 4.78 is 11.7. The maximum Gasteiger partial charge on any atom is 0.283 e. The van der Waals surface area contributed by atoms with Gasteiger partial charge in [0, 0.05) is 10.2 Å². The molecule has 0 spiro atoms. The fourth-order valence-corrected chi connectivity index (χ4v) is 4.72. The van der Waals surface area contributed by atoms with Gasteiger partial charge in [-0.3, -0.25) is 9.69 Å². The lowest BCUT2D eigenvalue weighted by atomic mass is 10.1. The topological polar surface area (TPSA) is 51.1 Å². The SMILES string of the molecule is O=C1/C(=C\c2cc3c(cc2Br)OCO3)N=C(SCc2ccccc2)N1c1ccccc1. The number of rotatable bonds is 4. The molecular weight excluding hydrogens is 476 g/mol. The van der Waals surface area contributed by atoms with Crippen LogP contribution in [0.2, 0.25) is 0 Å². The van der Waals surface area contributed by atoms with Crippen LogP contribution in [-0.2, 0) is 10.5 Å². The second-order valence-electron chi connectivity index (χ2n) is 6.90. The van der Waals surface area contributed by atoms with E-state index in [1.165, 1.54) is 5.56 Å². The number of amidine groups is 1. The number of carbonyl (C=O) groups excluding carboxylic acids is 1. The largest absolute Gasteiger partial charge is 0.454 e. The van der Waals surface area contributed by atoms with Crippen molar-refractivity contribution >= 4 is 50.5 Å². The van der Waals surface area contributed by atoms with Gasteiger partial charge in [0.25, 0.3) is 5.91 Å². The molecule has 0 N–H and O–H groups in total. The Labute approximate surface area is 192 Å². The highest BCUT2D eigenvalue weighted by Crippen LogP contribution is 2.38. The number of hydrogen-bond acceptors (Lipinski definition) is 5. The molecule has 1 amide bonds. The van der Waals surface area contributed by atoms with Gasteiger partial charge in [0.1, 0.15) is 5.70 Å². The minimum Gasteiger partial charge on any atom is -0.454 e. The van der Waals surface area contributed by atoms with Gasteiger partial charge < -0.3 is 9.47 Å². The summed E-state index contributed by atoms with van der Waals surface area (Å²) in [6.07, 6.45) is 1.78. The minimum absolute atomic E-state index is 0.161. The Morgan fingerprint density at radius 1 is 1.00 bits per heavy atom. The van der Waals surface area contributed by atoms with Gasteiger partial charge in [-0.2, -0.15) is 0 Å². The van der Waals surface area contributed by atoms with Gasteiger partial charge in [-0.1, -0.05) is 76.2 Å². The first-order valence-corrected chi connectivity index (χ1v) is 11.4. The fourth-order valence-electron chi connectivity index (χ4n) is 3.31. The number of thioether (sulfide) groups is 1. The van der Waals surface area contributed by atoms with Crippen molar-refractivity contribution in [2.24, 2.45) is 4.99 Å². The molecule has 2 heterocycles. The summed E-state index contributed by atoms with van der Waals surface area (Å²) in [5.74, 6) is 1.90. The number of fused-ring (bicyclic) bond motifs is 1. The summed E-state index contributed by atoms with van der Waals surface area (Å²) >= 11 is 5.10. The number of para-hydroxylation sites is 1. The Balaban J connectivity index is 1.49. The molecule has 0 fully saturated rings. The lowest BCUT2D eigenvalue weighted by molar-refractivity contribution is -0.113. The van der Waals surface area contributed by atoms with Crippen LogP contribution >= 0.6 is 27.7 Å². The van der Waals surface area contributed by atoms with Crippen LogP contribution in [0.5, 0.6) is 11.5 Å². The molecule has 0 radical (unpaired) electrons. The Morgan fingerprint density at radius 2 is 1.68 bits per heavy atom. The third-order valence-electron chi connectivity index (χ3n) is 4.84. The summed E-state index contributed by atoms with van der Waals surface area (Å²) in [6, 6.07) is 23.4. The van der Waals surface area contributed by atoms with Crippen LogP contribution in [0.3, 0.4) is 0 Å². The molecule has 31 heavy (non-hydrogen) atoms. The summed E-state index contributed by atoms with van der Waals surface area (Å²) in [6.45, 7) is 0.195. The number of ether oxygens (including phenoxy) is 2. The van der Waals surface area contributed by atoms with E-state index in [4.69, 9.17) is 14.5 Å². The van der Waals surface area contributed by atoms with E-state index in [9.17, 15) is 4.79 Å². The van der Waals surface area contributed by atoms with Crippen molar-refractivity contribution in [1.82, 2.24) is 0 Å². The monoisotopic (exact) mass is 492 g/mol. The Bertz CT molecular complexity index is 1200. The van der Waals surface area contributed by atoms with Crippen LogP contribution in [0.1, 0.15) is 11.1 Å². The second-order valence-corrected chi connectivity index (χ2v) is 8.70. The summed E-state index contributed by atoms with van der Waals surface area (Å²) in [4.78, 5) is 19.7. The second kappa shape index (κ2) is 8.61. The van der Waals surface area contributed by atoms with E-state index in [0.29, 0.717) is 22.4 Å². The first-order valence-electron chi connectivity index (χ1n) is 9.65. The highest BCUT2D eigenvalue weighted by Gasteiger charge is 2.32. The molecule has 0 aliphatic carbocycles. The summed E-state index contributed by atoms with van der Waals surface area (Å²) in [5, 5.41) is 0.656. The predicted octanol–water partition coefficient (Wildman–Crippen LogP) is 5.85. The summed E-state index contributed by atoms with van der Waals surface area (Å²) in [7, 11) is 0. The van der Waals surface area contributed by atoms with Crippen molar-refractivity contribution in [1.29, 1.82) is 0 Å². The highest BCUT2D eigenvalue weighted by atomic mass is 79.9. The van der Waals surface area contributed by atoms with Gasteiger partial charge in [-0.05, 0) is 41.5 Å². The number of hydrogen-bond donors (Lipinski definition) is 0. The number of anilines is 1.